The van der Waals surface area contributed by atoms with Gasteiger partial charge in [0.25, 0.3) is 11.8 Å². The minimum Gasteiger partial charge on any atom is -0.383 e. The summed E-state index contributed by atoms with van der Waals surface area (Å²) in [5, 5.41) is 8.26. The van der Waals surface area contributed by atoms with Crippen LogP contribution in [0.25, 0.3) is 0 Å². The molecule has 0 bridgehead atoms. The van der Waals surface area contributed by atoms with Crippen LogP contribution < -0.4 is 11.1 Å². The summed E-state index contributed by atoms with van der Waals surface area (Å²) in [4.78, 5) is 36.5. The molecule has 0 saturated carbocycles. The van der Waals surface area contributed by atoms with Crippen LogP contribution in [0.2, 0.25) is 0 Å². The number of carbonyl (C=O) groups is 3. The molecule has 8 heteroatoms. The first-order valence-electron chi connectivity index (χ1n) is 5.29. The molecule has 1 aromatic heterocycles. The van der Waals surface area contributed by atoms with Gasteiger partial charge in [-0.15, -0.1) is 0 Å². The van der Waals surface area contributed by atoms with Crippen molar-refractivity contribution in [3.8, 4) is 0 Å². The molecule has 96 valence electrons. The van der Waals surface area contributed by atoms with Crippen LogP contribution in [0, 0.1) is 0 Å². The van der Waals surface area contributed by atoms with Gasteiger partial charge in [-0.3, -0.25) is 24.8 Å². The summed E-state index contributed by atoms with van der Waals surface area (Å²) < 4.78 is 0. The molecule has 0 aromatic carbocycles. The maximum absolute atomic E-state index is 12.2. The molecule has 4 N–H and O–H groups in total. The quantitative estimate of drug-likeness (QED) is 0.545. The molecule has 2 rings (SSSR count). The Morgan fingerprint density at radius 1 is 1.50 bits per heavy atom. The largest absolute Gasteiger partial charge is 0.383 e. The highest BCUT2D eigenvalue weighted by atomic mass is 16.2. The molecule has 0 unspecified atom stereocenters. The smallest absolute Gasteiger partial charge is 0.260 e. The van der Waals surface area contributed by atoms with Crippen molar-refractivity contribution in [1.29, 1.82) is 0 Å². The van der Waals surface area contributed by atoms with Gasteiger partial charge in [0.05, 0.1) is 6.20 Å². The van der Waals surface area contributed by atoms with E-state index < -0.39 is 23.3 Å². The summed E-state index contributed by atoms with van der Waals surface area (Å²) in [6, 6.07) is 0. The van der Waals surface area contributed by atoms with Crippen LogP contribution in [0.4, 0.5) is 5.82 Å². The lowest BCUT2D eigenvalue weighted by Crippen LogP contribution is -2.65. The second kappa shape index (κ2) is 3.83. The second-order valence-electron chi connectivity index (χ2n) is 4.52. The molecular formula is C10H13N5O3. The van der Waals surface area contributed by atoms with Crippen LogP contribution in [0.1, 0.15) is 24.2 Å². The van der Waals surface area contributed by atoms with E-state index in [1.165, 1.54) is 11.1 Å². The lowest BCUT2D eigenvalue weighted by Gasteiger charge is -2.39. The number of aromatic amines is 1. The number of hydrogen-bond donors (Lipinski definition) is 3. The first-order valence-corrected chi connectivity index (χ1v) is 5.29. The predicted octanol–water partition coefficient (Wildman–Crippen LogP) is -1.13. The van der Waals surface area contributed by atoms with Crippen molar-refractivity contribution in [3.63, 3.8) is 0 Å². The molecule has 0 radical (unpaired) electrons. The first-order chi connectivity index (χ1) is 8.34. The number of aromatic nitrogens is 2. The number of nitrogen functional groups attached to an aromatic ring is 1. The van der Waals surface area contributed by atoms with Gasteiger partial charge in [-0.2, -0.15) is 5.10 Å². The van der Waals surface area contributed by atoms with Gasteiger partial charge in [0.1, 0.15) is 23.5 Å². The molecule has 1 fully saturated rings. The Morgan fingerprint density at radius 2 is 2.17 bits per heavy atom. The van der Waals surface area contributed by atoms with Gasteiger partial charge in [0.15, 0.2) is 0 Å². The number of rotatable bonds is 1. The molecular weight excluding hydrogens is 238 g/mol. The van der Waals surface area contributed by atoms with Crippen LogP contribution in [0.5, 0.6) is 0 Å². The van der Waals surface area contributed by atoms with Crippen LogP contribution >= 0.6 is 0 Å². The number of anilines is 1. The number of imide groups is 1. The fourth-order valence-corrected chi connectivity index (χ4v) is 1.72. The third-order valence-electron chi connectivity index (χ3n) is 2.93. The Balaban J connectivity index is 2.37. The van der Waals surface area contributed by atoms with Gasteiger partial charge >= 0.3 is 0 Å². The molecule has 3 amide bonds. The highest BCUT2D eigenvalue weighted by Gasteiger charge is 2.44. The number of H-pyrrole nitrogens is 1. The van der Waals surface area contributed by atoms with E-state index in [9.17, 15) is 14.4 Å². The van der Waals surface area contributed by atoms with Gasteiger partial charge in [0.2, 0.25) is 5.91 Å². The van der Waals surface area contributed by atoms with Gasteiger partial charge < -0.3 is 10.6 Å². The van der Waals surface area contributed by atoms with Gasteiger partial charge in [-0.1, -0.05) is 0 Å². The molecule has 0 aliphatic carbocycles. The van der Waals surface area contributed by atoms with E-state index in [1.807, 2.05) is 0 Å². The minimum absolute atomic E-state index is 0.106. The number of amides is 3. The maximum Gasteiger partial charge on any atom is 0.260 e. The molecule has 1 aliphatic heterocycles. The Labute approximate surface area is 103 Å². The van der Waals surface area contributed by atoms with Crippen molar-refractivity contribution in [2.75, 3.05) is 12.3 Å². The average Bonchev–Trinajstić information content (AvgIpc) is 2.69. The molecule has 0 spiro atoms. The molecule has 8 nitrogen and oxygen atoms in total. The zero-order valence-electron chi connectivity index (χ0n) is 9.98. The van der Waals surface area contributed by atoms with Crippen molar-refractivity contribution >= 4 is 23.5 Å². The second-order valence-corrected chi connectivity index (χ2v) is 4.52. The summed E-state index contributed by atoms with van der Waals surface area (Å²) in [7, 11) is 0. The number of carbonyl (C=O) groups excluding carboxylic acids is 3. The summed E-state index contributed by atoms with van der Waals surface area (Å²) in [6.07, 6.45) is 1.27. The summed E-state index contributed by atoms with van der Waals surface area (Å²) in [6.45, 7) is 2.92. The van der Waals surface area contributed by atoms with Crippen LogP contribution in [0.3, 0.4) is 0 Å². The number of hydrogen-bond acceptors (Lipinski definition) is 5. The third-order valence-corrected chi connectivity index (χ3v) is 2.93. The minimum atomic E-state index is -1.12. The van der Waals surface area contributed by atoms with E-state index in [-0.39, 0.29) is 17.9 Å². The topological polar surface area (TPSA) is 121 Å². The van der Waals surface area contributed by atoms with Crippen molar-refractivity contribution in [2.24, 2.45) is 0 Å². The van der Waals surface area contributed by atoms with E-state index in [0.717, 1.165) is 0 Å². The highest BCUT2D eigenvalue weighted by molar-refractivity contribution is 6.09. The van der Waals surface area contributed by atoms with E-state index >= 15 is 0 Å². The monoisotopic (exact) mass is 251 g/mol. The number of nitrogens with two attached hydrogens (primary N) is 1. The standard InChI is InChI=1S/C10H13N5O3/c1-10(2)9(18)13-6(16)4-15(10)8(17)5-3-12-14-7(5)11/h3H,4H2,1-2H3,(H3,11,12,14)(H,13,16,18). The summed E-state index contributed by atoms with van der Waals surface area (Å²) in [5.41, 5.74) is 4.58. The maximum atomic E-state index is 12.2. The van der Waals surface area contributed by atoms with Crippen molar-refractivity contribution < 1.29 is 14.4 Å². The van der Waals surface area contributed by atoms with E-state index in [4.69, 9.17) is 5.73 Å². The van der Waals surface area contributed by atoms with Crippen LogP contribution in [0.15, 0.2) is 6.20 Å². The van der Waals surface area contributed by atoms with Crippen molar-refractivity contribution in [1.82, 2.24) is 20.4 Å². The first kappa shape index (κ1) is 12.1. The third kappa shape index (κ3) is 1.71. The molecule has 0 atom stereocenters. The normalized spacial score (nSPS) is 18.7. The fourth-order valence-electron chi connectivity index (χ4n) is 1.72. The van der Waals surface area contributed by atoms with Crippen molar-refractivity contribution in [3.05, 3.63) is 11.8 Å². The number of nitrogens with one attached hydrogen (secondary N) is 2. The molecule has 1 saturated heterocycles. The lowest BCUT2D eigenvalue weighted by molar-refractivity contribution is -0.143. The molecule has 18 heavy (non-hydrogen) atoms. The molecule has 2 heterocycles. The predicted molar refractivity (Wildman–Crippen MR) is 61.3 cm³/mol. The zero-order chi connectivity index (χ0) is 13.5. The Hall–Kier alpha value is -2.38. The highest BCUT2D eigenvalue weighted by Crippen LogP contribution is 2.22. The van der Waals surface area contributed by atoms with Crippen LogP contribution in [-0.4, -0.2) is 44.9 Å². The fraction of sp³-hybridized carbons (Fsp3) is 0.400. The zero-order valence-corrected chi connectivity index (χ0v) is 9.98. The van der Waals surface area contributed by atoms with Gasteiger partial charge in [-0.25, -0.2) is 0 Å². The number of nitrogens with zero attached hydrogens (tertiary/aromatic N) is 2. The molecule has 1 aliphatic rings. The van der Waals surface area contributed by atoms with Gasteiger partial charge in [-0.05, 0) is 13.8 Å². The Morgan fingerprint density at radius 3 is 2.72 bits per heavy atom. The summed E-state index contributed by atoms with van der Waals surface area (Å²) in [5.74, 6) is -1.44. The van der Waals surface area contributed by atoms with E-state index in [1.54, 1.807) is 13.8 Å². The Bertz CT molecular complexity index is 533. The number of piperazine rings is 1. The van der Waals surface area contributed by atoms with E-state index in [0.29, 0.717) is 0 Å². The SMILES string of the molecule is CC1(C)C(=O)NC(=O)CN1C(=O)c1cn[nH]c1N. The lowest BCUT2D eigenvalue weighted by atomic mass is 9.97. The van der Waals surface area contributed by atoms with Gasteiger partial charge in [0, 0.05) is 0 Å². The Kier molecular flexibility index (Phi) is 2.57. The average molecular weight is 251 g/mol. The van der Waals surface area contributed by atoms with E-state index in [2.05, 4.69) is 15.5 Å². The molecule has 1 aromatic rings. The summed E-state index contributed by atoms with van der Waals surface area (Å²) >= 11 is 0. The van der Waals surface area contributed by atoms with Crippen LogP contribution in [-0.2, 0) is 9.59 Å². The van der Waals surface area contributed by atoms with Crippen molar-refractivity contribution in [2.45, 2.75) is 19.4 Å².